The lowest BCUT2D eigenvalue weighted by atomic mass is 10.1. The van der Waals surface area contributed by atoms with Crippen molar-refractivity contribution in [3.8, 4) is 0 Å². The van der Waals surface area contributed by atoms with E-state index in [-0.39, 0.29) is 0 Å². The van der Waals surface area contributed by atoms with Gasteiger partial charge in [0.2, 0.25) is 5.41 Å². The van der Waals surface area contributed by atoms with Crippen LogP contribution < -0.4 is 0 Å². The first-order chi connectivity index (χ1) is 7.73. The van der Waals surface area contributed by atoms with Crippen LogP contribution in [-0.2, 0) is 0 Å². The summed E-state index contributed by atoms with van der Waals surface area (Å²) in [5, 5.41) is -0.972. The molecule has 2 heteroatoms. The first-order valence-corrected chi connectivity index (χ1v) is 8.52. The van der Waals surface area contributed by atoms with Gasteiger partial charge in [0.15, 0.2) is 0 Å². The lowest BCUT2D eigenvalue weighted by molar-refractivity contribution is 0.347. The second-order valence-corrected chi connectivity index (χ2v) is 7.87. The molecule has 0 aromatic rings. The fourth-order valence-electron chi connectivity index (χ4n) is 2.30. The molecule has 0 spiro atoms. The van der Waals surface area contributed by atoms with E-state index in [1.165, 1.54) is 25.7 Å². The minimum atomic E-state index is -0.972. The van der Waals surface area contributed by atoms with Gasteiger partial charge in [-0.3, -0.25) is 0 Å². The maximum atomic E-state index is 14.7. The van der Waals surface area contributed by atoms with E-state index in [4.69, 9.17) is 0 Å². The molecule has 0 N–H and O–H groups in total. The van der Waals surface area contributed by atoms with Gasteiger partial charge in [0, 0.05) is 14.3 Å². The molecule has 0 saturated heterocycles. The molecule has 92 valence electrons. The molecule has 0 bridgehead atoms. The summed E-state index contributed by atoms with van der Waals surface area (Å²) >= 11 is 0. The van der Waals surface area contributed by atoms with E-state index in [1.807, 2.05) is 24.3 Å². The second-order valence-electron chi connectivity index (χ2n) is 4.62. The zero-order chi connectivity index (χ0) is 11.9. The average molecular weight is 243 g/mol. The largest absolute Gasteiger partial charge is 0.234 e. The molecule has 1 aliphatic carbocycles. The minimum Gasteiger partial charge on any atom is -0.195 e. The van der Waals surface area contributed by atoms with Crippen molar-refractivity contribution in [1.82, 2.24) is 0 Å². The lowest BCUT2D eigenvalue weighted by Crippen LogP contribution is -2.20. The predicted octanol–water partition coefficient (Wildman–Crippen LogP) is 4.98. The van der Waals surface area contributed by atoms with E-state index in [0.29, 0.717) is 6.42 Å². The van der Waals surface area contributed by atoms with E-state index < -0.39 is 13.3 Å². The van der Waals surface area contributed by atoms with Gasteiger partial charge < -0.3 is 0 Å². The Labute approximate surface area is 101 Å². The van der Waals surface area contributed by atoms with Crippen molar-refractivity contribution in [1.29, 1.82) is 0 Å². The van der Waals surface area contributed by atoms with Crippen LogP contribution in [0.15, 0.2) is 24.3 Å². The fraction of sp³-hybridized carbons (Fsp3) is 0.714. The summed E-state index contributed by atoms with van der Waals surface area (Å²) in [4.78, 5) is 0. The summed E-state index contributed by atoms with van der Waals surface area (Å²) in [6, 6.07) is 0. The van der Waals surface area contributed by atoms with Gasteiger partial charge in [0.05, 0.1) is 12.3 Å². The molecule has 16 heavy (non-hydrogen) atoms. The molecule has 0 aromatic heterocycles. The Morgan fingerprint density at radius 1 is 1.19 bits per heavy atom. The molecule has 1 aliphatic rings. The smallest absolute Gasteiger partial charge is 0.195 e. The number of alkyl halides is 1. The van der Waals surface area contributed by atoms with Crippen molar-refractivity contribution < 1.29 is 4.39 Å². The van der Waals surface area contributed by atoms with Crippen molar-refractivity contribution in [2.75, 3.05) is 12.3 Å². The molecule has 0 fully saturated rings. The molecule has 0 aliphatic heterocycles. The standard InChI is InChI=1S/C14H24FP/c1-3-5-6-10-13-16(4-2)14(15)11-8-7-9-12-14/h7-9,11H,3-6,10,12-13H2,1-2H3/p+1. The third kappa shape index (κ3) is 4.01. The van der Waals surface area contributed by atoms with Crippen LogP contribution in [0.2, 0.25) is 0 Å². The summed E-state index contributed by atoms with van der Waals surface area (Å²) in [7, 11) is -0.868. The van der Waals surface area contributed by atoms with Gasteiger partial charge >= 0.3 is 0 Å². The van der Waals surface area contributed by atoms with Gasteiger partial charge in [-0.2, -0.15) is 4.39 Å². The topological polar surface area (TPSA) is 0 Å². The fourth-order valence-corrected chi connectivity index (χ4v) is 5.07. The Hall–Kier alpha value is -0.160. The van der Waals surface area contributed by atoms with E-state index in [2.05, 4.69) is 13.8 Å². The number of allylic oxidation sites excluding steroid dienone is 4. The summed E-state index contributed by atoms with van der Waals surface area (Å²) < 4.78 is 14.7. The van der Waals surface area contributed by atoms with Crippen LogP contribution in [0.4, 0.5) is 4.39 Å². The van der Waals surface area contributed by atoms with Crippen molar-refractivity contribution >= 4 is 7.92 Å². The van der Waals surface area contributed by atoms with Crippen LogP contribution >= 0.6 is 7.92 Å². The van der Waals surface area contributed by atoms with E-state index >= 15 is 0 Å². The predicted molar refractivity (Wildman–Crippen MR) is 74.6 cm³/mol. The number of rotatable bonds is 7. The molecule has 0 heterocycles. The minimum absolute atomic E-state index is 0.611. The SMILES string of the molecule is CCCCCC[PH+](CC)C1(F)C=CC=CC1. The van der Waals surface area contributed by atoms with Gasteiger partial charge in [-0.05, 0) is 25.8 Å². The van der Waals surface area contributed by atoms with E-state index in [9.17, 15) is 4.39 Å². The van der Waals surface area contributed by atoms with Crippen LogP contribution in [0, 0.1) is 0 Å². The van der Waals surface area contributed by atoms with E-state index in [0.717, 1.165) is 12.3 Å². The Bertz CT molecular complexity index is 247. The van der Waals surface area contributed by atoms with Crippen molar-refractivity contribution in [3.05, 3.63) is 24.3 Å². The number of hydrogen-bond donors (Lipinski definition) is 0. The van der Waals surface area contributed by atoms with Gasteiger partial charge in [-0.15, -0.1) is 0 Å². The van der Waals surface area contributed by atoms with Crippen LogP contribution in [0.1, 0.15) is 46.0 Å². The third-order valence-corrected chi connectivity index (χ3v) is 6.73. The molecule has 2 unspecified atom stereocenters. The van der Waals surface area contributed by atoms with E-state index in [1.54, 1.807) is 0 Å². The molecule has 0 radical (unpaired) electrons. The average Bonchev–Trinajstić information content (AvgIpc) is 2.30. The number of halogens is 1. The quantitative estimate of drug-likeness (QED) is 0.437. The Balaban J connectivity index is 2.40. The molecule has 0 aromatic carbocycles. The summed E-state index contributed by atoms with van der Waals surface area (Å²) in [5.41, 5.74) is 0. The summed E-state index contributed by atoms with van der Waals surface area (Å²) in [6.07, 6.45) is 15.5. The zero-order valence-corrected chi connectivity index (χ0v) is 11.6. The Morgan fingerprint density at radius 3 is 2.56 bits per heavy atom. The number of unbranched alkanes of at least 4 members (excludes halogenated alkanes) is 3. The number of hydrogen-bond acceptors (Lipinski definition) is 0. The molecular weight excluding hydrogens is 218 g/mol. The highest BCUT2D eigenvalue weighted by Crippen LogP contribution is 2.55. The first-order valence-electron chi connectivity index (χ1n) is 6.61. The van der Waals surface area contributed by atoms with Gasteiger partial charge in [0.1, 0.15) is 0 Å². The van der Waals surface area contributed by atoms with Crippen LogP contribution in [-0.4, -0.2) is 17.7 Å². The maximum Gasteiger partial charge on any atom is 0.234 e. The van der Waals surface area contributed by atoms with Crippen molar-refractivity contribution in [2.24, 2.45) is 0 Å². The molecule has 0 saturated carbocycles. The first kappa shape index (κ1) is 13.9. The van der Waals surface area contributed by atoms with Gasteiger partial charge in [-0.1, -0.05) is 38.0 Å². The lowest BCUT2D eigenvalue weighted by Gasteiger charge is -2.25. The summed E-state index contributed by atoms with van der Waals surface area (Å²) in [6.45, 7) is 4.37. The van der Waals surface area contributed by atoms with Crippen LogP contribution in [0.5, 0.6) is 0 Å². The summed E-state index contributed by atoms with van der Waals surface area (Å²) in [5.74, 6) is 0. The van der Waals surface area contributed by atoms with Crippen LogP contribution in [0.25, 0.3) is 0 Å². The third-order valence-electron chi connectivity index (χ3n) is 3.37. The van der Waals surface area contributed by atoms with Crippen molar-refractivity contribution in [3.63, 3.8) is 0 Å². The molecule has 1 rings (SSSR count). The second kappa shape index (κ2) is 7.22. The normalized spacial score (nSPS) is 25.9. The monoisotopic (exact) mass is 243 g/mol. The highest BCUT2D eigenvalue weighted by atomic mass is 31.1. The molecular formula is C14H25FP+. The highest BCUT2D eigenvalue weighted by Gasteiger charge is 2.41. The van der Waals surface area contributed by atoms with Crippen LogP contribution in [0.3, 0.4) is 0 Å². The Kier molecular flexibility index (Phi) is 6.28. The molecule has 2 atom stereocenters. The Morgan fingerprint density at radius 2 is 2.00 bits per heavy atom. The molecule has 0 amide bonds. The molecule has 0 nitrogen and oxygen atoms in total. The zero-order valence-electron chi connectivity index (χ0n) is 10.6. The highest BCUT2D eigenvalue weighted by molar-refractivity contribution is 7.59. The van der Waals surface area contributed by atoms with Gasteiger partial charge in [-0.25, -0.2) is 0 Å². The van der Waals surface area contributed by atoms with Gasteiger partial charge in [0.25, 0.3) is 0 Å². The van der Waals surface area contributed by atoms with Crippen molar-refractivity contribution in [2.45, 2.75) is 51.4 Å². The maximum absolute atomic E-state index is 14.7.